The Morgan fingerprint density at radius 3 is 2.91 bits per heavy atom. The first-order valence-corrected chi connectivity index (χ1v) is 4.13. The molecule has 11 heavy (non-hydrogen) atoms. The number of carbonyl (C=O) groups is 1. The summed E-state index contributed by atoms with van der Waals surface area (Å²) in [5.41, 5.74) is 0. The third-order valence-corrected chi connectivity index (χ3v) is 1.91. The molecule has 1 aliphatic rings. The van der Waals surface area contributed by atoms with Crippen LogP contribution in [0.2, 0.25) is 0 Å². The molecule has 0 aliphatic heterocycles. The topological polar surface area (TPSA) is 17.1 Å². The van der Waals surface area contributed by atoms with Crippen LogP contribution in [0.5, 0.6) is 0 Å². The summed E-state index contributed by atoms with van der Waals surface area (Å²) in [6.07, 6.45) is 11.6. The van der Waals surface area contributed by atoms with Crippen LogP contribution in [0, 0.1) is 5.92 Å². The average Bonchev–Trinajstić information content (AvgIpc) is 2.03. The molecule has 0 radical (unpaired) electrons. The fourth-order valence-corrected chi connectivity index (χ4v) is 1.26. The van der Waals surface area contributed by atoms with Gasteiger partial charge in [0.2, 0.25) is 0 Å². The van der Waals surface area contributed by atoms with Gasteiger partial charge in [-0.2, -0.15) is 0 Å². The van der Waals surface area contributed by atoms with Crippen LogP contribution >= 0.6 is 0 Å². The minimum absolute atomic E-state index is 0.152. The first kappa shape index (κ1) is 8.25. The molecule has 0 heterocycles. The second kappa shape index (κ2) is 4.12. The van der Waals surface area contributed by atoms with Crippen LogP contribution in [0.1, 0.15) is 26.2 Å². The van der Waals surface area contributed by atoms with Crippen molar-refractivity contribution in [1.29, 1.82) is 0 Å². The number of rotatable bonds is 2. The molecule has 0 N–H and O–H groups in total. The monoisotopic (exact) mass is 150 g/mol. The zero-order valence-electron chi connectivity index (χ0n) is 6.92. The molecule has 0 aromatic rings. The van der Waals surface area contributed by atoms with Crippen molar-refractivity contribution >= 4 is 5.78 Å². The highest BCUT2D eigenvalue weighted by molar-refractivity contribution is 5.87. The SMILES string of the molecule is CC(=O)/C=C/[C@@H]1CC=CCC1. The van der Waals surface area contributed by atoms with E-state index < -0.39 is 0 Å². The zero-order chi connectivity index (χ0) is 8.10. The Bertz CT molecular complexity index is 189. The quantitative estimate of drug-likeness (QED) is 0.436. The van der Waals surface area contributed by atoms with Crippen LogP contribution in [0.15, 0.2) is 24.3 Å². The van der Waals surface area contributed by atoms with Crippen LogP contribution in [-0.4, -0.2) is 5.78 Å². The third-order valence-electron chi connectivity index (χ3n) is 1.91. The van der Waals surface area contributed by atoms with Crippen molar-refractivity contribution in [3.8, 4) is 0 Å². The van der Waals surface area contributed by atoms with E-state index in [0.717, 1.165) is 12.8 Å². The molecule has 1 heteroatoms. The lowest BCUT2D eigenvalue weighted by Gasteiger charge is -2.12. The van der Waals surface area contributed by atoms with E-state index in [9.17, 15) is 4.79 Å². The average molecular weight is 150 g/mol. The molecule has 1 aliphatic carbocycles. The van der Waals surface area contributed by atoms with Crippen molar-refractivity contribution in [3.05, 3.63) is 24.3 Å². The van der Waals surface area contributed by atoms with Crippen molar-refractivity contribution in [1.82, 2.24) is 0 Å². The second-order valence-corrected chi connectivity index (χ2v) is 3.01. The van der Waals surface area contributed by atoms with Gasteiger partial charge >= 0.3 is 0 Å². The van der Waals surface area contributed by atoms with Gasteiger partial charge in [-0.1, -0.05) is 18.2 Å². The molecule has 0 bridgehead atoms. The molecular formula is C10H14O. The molecule has 0 unspecified atom stereocenters. The van der Waals surface area contributed by atoms with Gasteiger partial charge in [-0.25, -0.2) is 0 Å². The van der Waals surface area contributed by atoms with Gasteiger partial charge < -0.3 is 0 Å². The summed E-state index contributed by atoms with van der Waals surface area (Å²) in [6.45, 7) is 1.59. The fourth-order valence-electron chi connectivity index (χ4n) is 1.26. The molecule has 1 nitrogen and oxygen atoms in total. The molecule has 1 rings (SSSR count). The van der Waals surface area contributed by atoms with Crippen LogP contribution in [-0.2, 0) is 4.79 Å². The van der Waals surface area contributed by atoms with E-state index in [0.29, 0.717) is 5.92 Å². The highest BCUT2D eigenvalue weighted by atomic mass is 16.1. The molecule has 60 valence electrons. The number of hydrogen-bond donors (Lipinski definition) is 0. The minimum atomic E-state index is 0.152. The molecule has 0 aromatic carbocycles. The summed E-state index contributed by atoms with van der Waals surface area (Å²) in [7, 11) is 0. The van der Waals surface area contributed by atoms with Crippen molar-refractivity contribution in [2.24, 2.45) is 5.92 Å². The number of allylic oxidation sites excluding steroid dienone is 4. The Labute approximate surface area is 67.8 Å². The predicted molar refractivity (Wildman–Crippen MR) is 46.3 cm³/mol. The lowest BCUT2D eigenvalue weighted by Crippen LogP contribution is -1.98. The summed E-state index contributed by atoms with van der Waals surface area (Å²) in [4.78, 5) is 10.6. The van der Waals surface area contributed by atoms with Gasteiger partial charge in [-0.3, -0.25) is 4.79 Å². The van der Waals surface area contributed by atoms with E-state index in [1.165, 1.54) is 6.42 Å². The van der Waals surface area contributed by atoms with Gasteiger partial charge in [0, 0.05) is 0 Å². The Balaban J connectivity index is 2.37. The van der Waals surface area contributed by atoms with E-state index in [2.05, 4.69) is 12.2 Å². The zero-order valence-corrected chi connectivity index (χ0v) is 6.92. The van der Waals surface area contributed by atoms with E-state index in [4.69, 9.17) is 0 Å². The summed E-state index contributed by atoms with van der Waals surface area (Å²) in [5, 5.41) is 0. The highest BCUT2D eigenvalue weighted by Crippen LogP contribution is 2.18. The highest BCUT2D eigenvalue weighted by Gasteiger charge is 2.04. The minimum Gasteiger partial charge on any atom is -0.295 e. The van der Waals surface area contributed by atoms with Gasteiger partial charge in [0.05, 0.1) is 0 Å². The third kappa shape index (κ3) is 3.17. The molecule has 0 spiro atoms. The molecule has 0 saturated heterocycles. The molecule has 0 fully saturated rings. The van der Waals surface area contributed by atoms with Gasteiger partial charge in [-0.15, -0.1) is 0 Å². The molecule has 1 atom stereocenters. The van der Waals surface area contributed by atoms with Gasteiger partial charge in [0.1, 0.15) is 0 Å². The maximum atomic E-state index is 10.6. The lowest BCUT2D eigenvalue weighted by molar-refractivity contribution is -0.112. The van der Waals surface area contributed by atoms with Crippen LogP contribution in [0.25, 0.3) is 0 Å². The fraction of sp³-hybridized carbons (Fsp3) is 0.500. The summed E-state index contributed by atoms with van der Waals surface area (Å²) >= 11 is 0. The van der Waals surface area contributed by atoms with Crippen molar-refractivity contribution in [3.63, 3.8) is 0 Å². The molecule has 0 saturated carbocycles. The predicted octanol–water partition coefficient (Wildman–Crippen LogP) is 2.49. The van der Waals surface area contributed by atoms with Crippen LogP contribution < -0.4 is 0 Å². The normalized spacial score (nSPS) is 24.3. The Kier molecular flexibility index (Phi) is 3.09. The lowest BCUT2D eigenvalue weighted by atomic mass is 9.94. The van der Waals surface area contributed by atoms with E-state index >= 15 is 0 Å². The Morgan fingerprint density at radius 2 is 2.36 bits per heavy atom. The van der Waals surface area contributed by atoms with Gasteiger partial charge in [-0.05, 0) is 38.2 Å². The number of ketones is 1. The molecule has 0 amide bonds. The standard InChI is InChI=1S/C10H14O/c1-9(11)7-8-10-5-3-2-4-6-10/h2-3,7-8,10H,4-6H2,1H3/b8-7+/t10-/m1/s1. The smallest absolute Gasteiger partial charge is 0.152 e. The second-order valence-electron chi connectivity index (χ2n) is 3.01. The first-order chi connectivity index (χ1) is 5.29. The van der Waals surface area contributed by atoms with Gasteiger partial charge in [0.15, 0.2) is 5.78 Å². The summed E-state index contributed by atoms with van der Waals surface area (Å²) in [6, 6.07) is 0. The molecule has 0 aromatic heterocycles. The number of carbonyl (C=O) groups excluding carboxylic acids is 1. The maximum Gasteiger partial charge on any atom is 0.152 e. The van der Waals surface area contributed by atoms with E-state index in [-0.39, 0.29) is 5.78 Å². The van der Waals surface area contributed by atoms with Crippen molar-refractivity contribution in [2.45, 2.75) is 26.2 Å². The number of hydrogen-bond acceptors (Lipinski definition) is 1. The Morgan fingerprint density at radius 1 is 1.55 bits per heavy atom. The summed E-state index contributed by atoms with van der Waals surface area (Å²) in [5.74, 6) is 0.753. The van der Waals surface area contributed by atoms with Crippen LogP contribution in [0.3, 0.4) is 0 Å². The van der Waals surface area contributed by atoms with E-state index in [1.807, 2.05) is 6.08 Å². The molecular weight excluding hydrogens is 136 g/mol. The first-order valence-electron chi connectivity index (χ1n) is 4.13. The maximum absolute atomic E-state index is 10.6. The largest absolute Gasteiger partial charge is 0.295 e. The Hall–Kier alpha value is -0.850. The van der Waals surface area contributed by atoms with Crippen molar-refractivity contribution in [2.75, 3.05) is 0 Å². The van der Waals surface area contributed by atoms with E-state index in [1.54, 1.807) is 13.0 Å². The summed E-state index contributed by atoms with van der Waals surface area (Å²) < 4.78 is 0. The van der Waals surface area contributed by atoms with Crippen LogP contribution in [0.4, 0.5) is 0 Å². The van der Waals surface area contributed by atoms with Gasteiger partial charge in [0.25, 0.3) is 0 Å². The van der Waals surface area contributed by atoms with Crippen molar-refractivity contribution < 1.29 is 4.79 Å².